The zero-order chi connectivity index (χ0) is 18.4. The summed E-state index contributed by atoms with van der Waals surface area (Å²) >= 11 is 0. The minimum atomic E-state index is -4.40. The Morgan fingerprint density at radius 3 is 2.44 bits per heavy atom. The normalized spacial score (nSPS) is 11.6. The van der Waals surface area contributed by atoms with Crippen molar-refractivity contribution in [2.75, 3.05) is 11.9 Å². The van der Waals surface area contributed by atoms with Crippen LogP contribution in [-0.2, 0) is 14.3 Å². The van der Waals surface area contributed by atoms with E-state index >= 15 is 0 Å². The van der Waals surface area contributed by atoms with Crippen LogP contribution in [0.25, 0.3) is 10.8 Å². The van der Waals surface area contributed by atoms with Crippen LogP contribution in [0.1, 0.15) is 12.8 Å². The van der Waals surface area contributed by atoms with Crippen LogP contribution < -0.4 is 5.32 Å². The van der Waals surface area contributed by atoms with E-state index in [1.807, 2.05) is 24.3 Å². The standard InChI is InChI=1S/C17H15F4NO3/c18-16(19)17(20,21)10-25-15(24)9-8-14(23)22-13-7-3-5-11-4-1-2-6-12(11)13/h1-7,16H,8-10H2,(H,22,23). The molecule has 2 aromatic rings. The van der Waals surface area contributed by atoms with Gasteiger partial charge in [-0.25, -0.2) is 8.78 Å². The summed E-state index contributed by atoms with van der Waals surface area (Å²) in [6, 6.07) is 12.6. The summed E-state index contributed by atoms with van der Waals surface area (Å²) in [5.41, 5.74) is 0.542. The molecule has 25 heavy (non-hydrogen) atoms. The van der Waals surface area contributed by atoms with E-state index in [4.69, 9.17) is 0 Å². The molecule has 8 heteroatoms. The van der Waals surface area contributed by atoms with Crippen molar-refractivity contribution in [3.05, 3.63) is 42.5 Å². The molecule has 1 amide bonds. The smallest absolute Gasteiger partial charge is 0.340 e. The highest BCUT2D eigenvalue weighted by molar-refractivity contribution is 6.02. The number of nitrogens with one attached hydrogen (secondary N) is 1. The maximum absolute atomic E-state index is 12.6. The Morgan fingerprint density at radius 2 is 1.72 bits per heavy atom. The number of esters is 1. The molecule has 0 radical (unpaired) electrons. The van der Waals surface area contributed by atoms with E-state index in [2.05, 4.69) is 10.1 Å². The van der Waals surface area contributed by atoms with E-state index in [0.29, 0.717) is 5.69 Å². The van der Waals surface area contributed by atoms with E-state index in [-0.39, 0.29) is 6.42 Å². The van der Waals surface area contributed by atoms with Gasteiger partial charge in [0.2, 0.25) is 5.91 Å². The molecule has 0 atom stereocenters. The first-order chi connectivity index (χ1) is 11.8. The van der Waals surface area contributed by atoms with Crippen LogP contribution in [0.15, 0.2) is 42.5 Å². The Hall–Kier alpha value is -2.64. The van der Waals surface area contributed by atoms with Crippen molar-refractivity contribution in [1.82, 2.24) is 0 Å². The van der Waals surface area contributed by atoms with Gasteiger partial charge in [-0.05, 0) is 11.5 Å². The molecule has 1 N–H and O–H groups in total. The Balaban J connectivity index is 1.85. The second-order valence-electron chi connectivity index (χ2n) is 5.30. The quantitative estimate of drug-likeness (QED) is 0.602. The Kier molecular flexibility index (Phi) is 5.95. The van der Waals surface area contributed by atoms with Gasteiger partial charge < -0.3 is 10.1 Å². The van der Waals surface area contributed by atoms with Crippen LogP contribution >= 0.6 is 0 Å². The van der Waals surface area contributed by atoms with Gasteiger partial charge >= 0.3 is 18.3 Å². The monoisotopic (exact) mass is 357 g/mol. The number of anilines is 1. The molecule has 0 aliphatic rings. The summed E-state index contributed by atoms with van der Waals surface area (Å²) in [5, 5.41) is 4.33. The summed E-state index contributed by atoms with van der Waals surface area (Å²) in [5.74, 6) is -6.07. The average Bonchev–Trinajstić information content (AvgIpc) is 2.58. The molecule has 0 aliphatic carbocycles. The topological polar surface area (TPSA) is 55.4 Å². The number of amides is 1. The summed E-state index contributed by atoms with van der Waals surface area (Å²) in [4.78, 5) is 23.2. The molecule has 134 valence electrons. The highest BCUT2D eigenvalue weighted by Crippen LogP contribution is 2.24. The van der Waals surface area contributed by atoms with Gasteiger partial charge in [0.05, 0.1) is 6.42 Å². The first-order valence-electron chi connectivity index (χ1n) is 7.39. The third-order valence-corrected chi connectivity index (χ3v) is 3.36. The second-order valence-corrected chi connectivity index (χ2v) is 5.30. The highest BCUT2D eigenvalue weighted by atomic mass is 19.3. The van der Waals surface area contributed by atoms with Gasteiger partial charge in [-0.15, -0.1) is 0 Å². The number of alkyl halides is 4. The molecule has 0 fully saturated rings. The van der Waals surface area contributed by atoms with Crippen LogP contribution in [-0.4, -0.2) is 30.8 Å². The van der Waals surface area contributed by atoms with Crippen LogP contribution in [0, 0.1) is 0 Å². The van der Waals surface area contributed by atoms with Crippen molar-refractivity contribution < 1.29 is 31.9 Å². The summed E-state index contributed by atoms with van der Waals surface area (Å²) in [7, 11) is 0. The number of carbonyl (C=O) groups is 2. The number of hydrogen-bond donors (Lipinski definition) is 1. The van der Waals surface area contributed by atoms with Crippen molar-refractivity contribution in [3.8, 4) is 0 Å². The molecule has 0 aromatic heterocycles. The molecular weight excluding hydrogens is 342 g/mol. The first kappa shape index (κ1) is 18.7. The van der Waals surface area contributed by atoms with Crippen LogP contribution in [0.4, 0.5) is 23.2 Å². The van der Waals surface area contributed by atoms with Crippen LogP contribution in [0.3, 0.4) is 0 Å². The van der Waals surface area contributed by atoms with Gasteiger partial charge in [0.15, 0.2) is 6.61 Å². The summed E-state index contributed by atoms with van der Waals surface area (Å²) < 4.78 is 53.2. The third-order valence-electron chi connectivity index (χ3n) is 3.36. The van der Waals surface area contributed by atoms with Gasteiger partial charge in [0.25, 0.3) is 0 Å². The largest absolute Gasteiger partial charge is 0.459 e. The number of halogens is 4. The van der Waals surface area contributed by atoms with Crippen LogP contribution in [0.5, 0.6) is 0 Å². The van der Waals surface area contributed by atoms with Crippen molar-refractivity contribution >= 4 is 28.3 Å². The molecule has 0 heterocycles. The molecule has 0 saturated heterocycles. The number of fused-ring (bicyclic) bond motifs is 1. The zero-order valence-corrected chi connectivity index (χ0v) is 13.0. The molecule has 0 unspecified atom stereocenters. The fourth-order valence-corrected chi connectivity index (χ4v) is 2.07. The lowest BCUT2D eigenvalue weighted by molar-refractivity contribution is -0.179. The molecule has 0 bridgehead atoms. The number of benzene rings is 2. The molecule has 0 saturated carbocycles. The first-order valence-corrected chi connectivity index (χ1v) is 7.39. The lowest BCUT2D eigenvalue weighted by Gasteiger charge is -2.15. The molecular formula is C17H15F4NO3. The second kappa shape index (κ2) is 7.96. The van der Waals surface area contributed by atoms with Gasteiger partial charge in [-0.3, -0.25) is 9.59 Å². The lowest BCUT2D eigenvalue weighted by atomic mass is 10.1. The van der Waals surface area contributed by atoms with E-state index < -0.39 is 37.3 Å². The van der Waals surface area contributed by atoms with Crippen molar-refractivity contribution in [3.63, 3.8) is 0 Å². The van der Waals surface area contributed by atoms with Gasteiger partial charge in [-0.1, -0.05) is 36.4 Å². The molecule has 2 aromatic carbocycles. The molecule has 0 aliphatic heterocycles. The minimum Gasteiger partial charge on any atom is -0.459 e. The van der Waals surface area contributed by atoms with E-state index in [1.165, 1.54) is 0 Å². The van der Waals surface area contributed by atoms with Crippen molar-refractivity contribution in [2.45, 2.75) is 25.2 Å². The molecule has 0 spiro atoms. The fraction of sp³-hybridized carbons (Fsp3) is 0.294. The number of rotatable bonds is 7. The Morgan fingerprint density at radius 1 is 1.04 bits per heavy atom. The number of hydrogen-bond acceptors (Lipinski definition) is 3. The minimum absolute atomic E-state index is 0.317. The SMILES string of the molecule is O=C(CCC(=O)OCC(F)(F)C(F)F)Nc1cccc2ccccc12. The number of ether oxygens (including phenoxy) is 1. The predicted octanol–water partition coefficient (Wildman–Crippen LogP) is 4.00. The number of carbonyl (C=O) groups excluding carboxylic acids is 2. The van der Waals surface area contributed by atoms with E-state index in [1.54, 1.807) is 18.2 Å². The maximum atomic E-state index is 12.6. The van der Waals surface area contributed by atoms with Crippen molar-refractivity contribution in [1.29, 1.82) is 0 Å². The zero-order valence-electron chi connectivity index (χ0n) is 13.0. The average molecular weight is 357 g/mol. The van der Waals surface area contributed by atoms with E-state index in [0.717, 1.165) is 10.8 Å². The van der Waals surface area contributed by atoms with Crippen molar-refractivity contribution in [2.24, 2.45) is 0 Å². The third kappa shape index (κ3) is 5.17. The fourth-order valence-electron chi connectivity index (χ4n) is 2.07. The molecule has 2 rings (SSSR count). The van der Waals surface area contributed by atoms with E-state index in [9.17, 15) is 27.2 Å². The van der Waals surface area contributed by atoms with Gasteiger partial charge in [0, 0.05) is 17.5 Å². The Labute approximate surface area is 140 Å². The summed E-state index contributed by atoms with van der Waals surface area (Å²) in [6.07, 6.45) is -4.73. The highest BCUT2D eigenvalue weighted by Gasteiger charge is 2.42. The van der Waals surface area contributed by atoms with Crippen LogP contribution in [0.2, 0.25) is 0 Å². The van der Waals surface area contributed by atoms with Gasteiger partial charge in [0.1, 0.15) is 0 Å². The predicted molar refractivity (Wildman–Crippen MR) is 83.7 cm³/mol. The lowest BCUT2D eigenvalue weighted by Crippen LogP contribution is -2.33. The Bertz CT molecular complexity index is 759. The maximum Gasteiger partial charge on any atom is 0.340 e. The van der Waals surface area contributed by atoms with Gasteiger partial charge in [-0.2, -0.15) is 8.78 Å². The molecule has 4 nitrogen and oxygen atoms in total. The summed E-state index contributed by atoms with van der Waals surface area (Å²) in [6.45, 7) is -1.71.